The Morgan fingerprint density at radius 2 is 2.08 bits per heavy atom. The third kappa shape index (κ3) is 2.62. The average Bonchev–Trinajstić information content (AvgIpc) is 2.91. The Kier molecular flexibility index (Phi) is 3.97. The summed E-state index contributed by atoms with van der Waals surface area (Å²) in [5.41, 5.74) is 1.71. The fourth-order valence-electron chi connectivity index (χ4n) is 6.55. The Balaban J connectivity index is 1.58. The molecule has 0 aromatic rings. The van der Waals surface area contributed by atoms with Gasteiger partial charge in [0.15, 0.2) is 5.78 Å². The van der Waals surface area contributed by atoms with E-state index in [2.05, 4.69) is 19.9 Å². The summed E-state index contributed by atoms with van der Waals surface area (Å²) in [6.07, 6.45) is 13.1. The summed E-state index contributed by atoms with van der Waals surface area (Å²) < 4.78 is 5.73. The van der Waals surface area contributed by atoms with Crippen molar-refractivity contribution in [3.63, 3.8) is 0 Å². The molecule has 0 aromatic carbocycles. The van der Waals surface area contributed by atoms with Gasteiger partial charge >= 0.3 is 5.97 Å². The molecule has 6 atom stereocenters. The van der Waals surface area contributed by atoms with Gasteiger partial charge in [0, 0.05) is 11.8 Å². The minimum absolute atomic E-state index is 0.0519. The molecular formula is C22H30O3. The summed E-state index contributed by atoms with van der Waals surface area (Å²) in [5, 5.41) is 0. The van der Waals surface area contributed by atoms with E-state index in [1.807, 2.05) is 13.0 Å². The Morgan fingerprint density at radius 1 is 1.28 bits per heavy atom. The Morgan fingerprint density at radius 3 is 2.84 bits per heavy atom. The van der Waals surface area contributed by atoms with Gasteiger partial charge in [-0.3, -0.25) is 9.59 Å². The molecule has 3 saturated carbocycles. The fourth-order valence-corrected chi connectivity index (χ4v) is 6.55. The standard InChI is InChI=1S/C22H30O3/c1-4-20(24)25-16-12-19-17-6-5-14-11-15(23)7-10-22(14,3)18(17)8-9-21(19,2)13-16/h7,10-11,16-19H,4-6,8-9,12-13H2,1-3H3/t16-,17+,18+,19-,21-,22-/m0/s1. The van der Waals surface area contributed by atoms with Gasteiger partial charge in [0.1, 0.15) is 6.10 Å². The van der Waals surface area contributed by atoms with Crippen molar-refractivity contribution in [3.05, 3.63) is 23.8 Å². The second-order valence-corrected chi connectivity index (χ2v) is 9.20. The van der Waals surface area contributed by atoms with E-state index >= 15 is 0 Å². The predicted molar refractivity (Wildman–Crippen MR) is 96.8 cm³/mol. The number of esters is 1. The molecule has 0 radical (unpaired) electrons. The van der Waals surface area contributed by atoms with Crippen molar-refractivity contribution in [2.75, 3.05) is 0 Å². The molecule has 0 N–H and O–H groups in total. The van der Waals surface area contributed by atoms with E-state index in [-0.39, 0.29) is 23.3 Å². The summed E-state index contributed by atoms with van der Waals surface area (Å²) in [5.74, 6) is 2.04. The number of carbonyl (C=O) groups excluding carboxylic acids is 2. The van der Waals surface area contributed by atoms with E-state index in [1.165, 1.54) is 24.8 Å². The maximum absolute atomic E-state index is 11.8. The second-order valence-electron chi connectivity index (χ2n) is 9.20. The Labute approximate surface area is 150 Å². The van der Waals surface area contributed by atoms with Gasteiger partial charge in [0.05, 0.1) is 0 Å². The molecule has 136 valence electrons. The van der Waals surface area contributed by atoms with E-state index in [1.54, 1.807) is 6.08 Å². The van der Waals surface area contributed by atoms with Crippen molar-refractivity contribution >= 4 is 11.8 Å². The van der Waals surface area contributed by atoms with Gasteiger partial charge in [0.2, 0.25) is 0 Å². The maximum atomic E-state index is 11.8. The lowest BCUT2D eigenvalue weighted by molar-refractivity contribution is -0.148. The van der Waals surface area contributed by atoms with Crippen LogP contribution in [0.3, 0.4) is 0 Å². The summed E-state index contributed by atoms with van der Waals surface area (Å²) in [4.78, 5) is 23.6. The van der Waals surface area contributed by atoms with Crippen molar-refractivity contribution in [1.82, 2.24) is 0 Å². The van der Waals surface area contributed by atoms with E-state index in [9.17, 15) is 9.59 Å². The molecular weight excluding hydrogens is 312 g/mol. The van der Waals surface area contributed by atoms with Gasteiger partial charge in [-0.2, -0.15) is 0 Å². The van der Waals surface area contributed by atoms with Gasteiger partial charge in [-0.1, -0.05) is 32.4 Å². The highest BCUT2D eigenvalue weighted by atomic mass is 16.5. The first-order valence-corrected chi connectivity index (χ1v) is 9.99. The normalized spacial score (nSPS) is 45.2. The summed E-state index contributed by atoms with van der Waals surface area (Å²) in [7, 11) is 0. The van der Waals surface area contributed by atoms with Crippen LogP contribution in [-0.4, -0.2) is 17.9 Å². The molecule has 3 heteroatoms. The molecule has 0 amide bonds. The van der Waals surface area contributed by atoms with Crippen LogP contribution < -0.4 is 0 Å². The predicted octanol–water partition coefficient (Wildman–Crippen LogP) is 4.62. The summed E-state index contributed by atoms with van der Waals surface area (Å²) >= 11 is 0. The van der Waals surface area contributed by atoms with E-state index in [0.717, 1.165) is 19.3 Å². The molecule has 0 saturated heterocycles. The highest BCUT2D eigenvalue weighted by Crippen LogP contribution is 2.64. The highest BCUT2D eigenvalue weighted by Gasteiger charge is 2.57. The van der Waals surface area contributed by atoms with Crippen molar-refractivity contribution < 1.29 is 14.3 Å². The molecule has 4 rings (SSSR count). The first kappa shape index (κ1) is 17.1. The molecule has 25 heavy (non-hydrogen) atoms. The molecule has 0 unspecified atom stereocenters. The SMILES string of the molecule is CCC(=O)O[C@H]1C[C@H]2[C@@H]3CCC4=CC(=O)C=C[C@]4(C)[C@@H]3CC[C@@]2(C)C1. The molecule has 3 nitrogen and oxygen atoms in total. The van der Waals surface area contributed by atoms with Crippen LogP contribution >= 0.6 is 0 Å². The summed E-state index contributed by atoms with van der Waals surface area (Å²) in [6, 6.07) is 0. The number of carbonyl (C=O) groups is 2. The summed E-state index contributed by atoms with van der Waals surface area (Å²) in [6.45, 7) is 6.63. The largest absolute Gasteiger partial charge is 0.462 e. The Hall–Kier alpha value is -1.38. The van der Waals surface area contributed by atoms with Crippen molar-refractivity contribution in [2.45, 2.75) is 71.8 Å². The third-order valence-corrected chi connectivity index (χ3v) is 7.87. The molecule has 3 fully saturated rings. The van der Waals surface area contributed by atoms with Crippen LogP contribution in [0.4, 0.5) is 0 Å². The zero-order valence-corrected chi connectivity index (χ0v) is 15.7. The fraction of sp³-hybridized carbons (Fsp3) is 0.727. The first-order valence-electron chi connectivity index (χ1n) is 9.99. The zero-order valence-electron chi connectivity index (χ0n) is 15.7. The van der Waals surface area contributed by atoms with Crippen LogP contribution in [0.1, 0.15) is 65.7 Å². The third-order valence-electron chi connectivity index (χ3n) is 7.87. The van der Waals surface area contributed by atoms with Crippen LogP contribution in [0.25, 0.3) is 0 Å². The quantitative estimate of drug-likeness (QED) is 0.688. The van der Waals surface area contributed by atoms with Crippen LogP contribution in [0.5, 0.6) is 0 Å². The topological polar surface area (TPSA) is 43.4 Å². The van der Waals surface area contributed by atoms with E-state index < -0.39 is 0 Å². The molecule has 4 aliphatic carbocycles. The van der Waals surface area contributed by atoms with Crippen molar-refractivity contribution in [1.29, 1.82) is 0 Å². The number of ether oxygens (including phenoxy) is 1. The molecule has 4 aliphatic rings. The molecule has 0 aliphatic heterocycles. The van der Waals surface area contributed by atoms with Gasteiger partial charge in [0.25, 0.3) is 0 Å². The second kappa shape index (κ2) is 5.82. The van der Waals surface area contributed by atoms with Crippen LogP contribution in [-0.2, 0) is 14.3 Å². The van der Waals surface area contributed by atoms with E-state index in [0.29, 0.717) is 29.6 Å². The number of hydrogen-bond donors (Lipinski definition) is 0. The Bertz CT molecular complexity index is 660. The number of hydrogen-bond acceptors (Lipinski definition) is 3. The number of fused-ring (bicyclic) bond motifs is 5. The lowest BCUT2D eigenvalue weighted by Gasteiger charge is -2.56. The van der Waals surface area contributed by atoms with E-state index in [4.69, 9.17) is 4.74 Å². The first-order chi connectivity index (χ1) is 11.9. The monoisotopic (exact) mass is 342 g/mol. The number of ketones is 1. The van der Waals surface area contributed by atoms with Gasteiger partial charge in [-0.15, -0.1) is 0 Å². The minimum Gasteiger partial charge on any atom is -0.462 e. The minimum atomic E-state index is -0.0571. The van der Waals surface area contributed by atoms with Gasteiger partial charge in [-0.05, 0) is 73.8 Å². The molecule has 0 spiro atoms. The van der Waals surface area contributed by atoms with Crippen molar-refractivity contribution in [2.24, 2.45) is 28.6 Å². The van der Waals surface area contributed by atoms with Crippen LogP contribution in [0.15, 0.2) is 23.8 Å². The lowest BCUT2D eigenvalue weighted by Crippen LogP contribution is -2.48. The van der Waals surface area contributed by atoms with Crippen LogP contribution in [0, 0.1) is 28.6 Å². The molecule has 0 aromatic heterocycles. The maximum Gasteiger partial charge on any atom is 0.305 e. The molecule has 0 heterocycles. The highest BCUT2D eigenvalue weighted by molar-refractivity contribution is 6.01. The zero-order chi connectivity index (χ0) is 17.8. The van der Waals surface area contributed by atoms with Crippen molar-refractivity contribution in [3.8, 4) is 0 Å². The number of allylic oxidation sites excluding steroid dienone is 4. The number of rotatable bonds is 2. The van der Waals surface area contributed by atoms with Gasteiger partial charge < -0.3 is 4.74 Å². The average molecular weight is 342 g/mol. The van der Waals surface area contributed by atoms with Crippen LogP contribution in [0.2, 0.25) is 0 Å². The lowest BCUT2D eigenvalue weighted by atomic mass is 9.48. The smallest absolute Gasteiger partial charge is 0.305 e. The molecule has 0 bridgehead atoms. The van der Waals surface area contributed by atoms with Gasteiger partial charge in [-0.25, -0.2) is 0 Å².